The van der Waals surface area contributed by atoms with Crippen molar-refractivity contribution in [3.8, 4) is 0 Å². The third kappa shape index (κ3) is 5.10. The monoisotopic (exact) mass is 331 g/mol. The Bertz CT molecular complexity index is 721. The van der Waals surface area contributed by atoms with Gasteiger partial charge in [-0.25, -0.2) is 8.42 Å². The lowest BCUT2D eigenvalue weighted by molar-refractivity contribution is 0.598. The van der Waals surface area contributed by atoms with Gasteiger partial charge in [0.15, 0.2) is 0 Å². The summed E-state index contributed by atoms with van der Waals surface area (Å²) in [5.41, 5.74) is 2.59. The Morgan fingerprint density at radius 2 is 1.61 bits per heavy atom. The molecule has 0 amide bonds. The highest BCUT2D eigenvalue weighted by molar-refractivity contribution is 7.92. The van der Waals surface area contributed by atoms with Crippen molar-refractivity contribution in [2.24, 2.45) is 0 Å². The zero-order chi connectivity index (χ0) is 16.7. The summed E-state index contributed by atoms with van der Waals surface area (Å²) >= 11 is 0. The molecule has 4 heteroatoms. The Kier molecular flexibility index (Phi) is 6.22. The number of anilines is 1. The van der Waals surface area contributed by atoms with E-state index in [2.05, 4.69) is 11.6 Å². The van der Waals surface area contributed by atoms with E-state index in [0.29, 0.717) is 10.6 Å². The molecule has 0 fully saturated rings. The number of rotatable bonds is 8. The van der Waals surface area contributed by atoms with Gasteiger partial charge in [0.2, 0.25) is 0 Å². The fourth-order valence-electron chi connectivity index (χ4n) is 2.55. The topological polar surface area (TPSA) is 46.2 Å². The second kappa shape index (κ2) is 8.16. The Labute approximate surface area is 139 Å². The average molecular weight is 331 g/mol. The highest BCUT2D eigenvalue weighted by Gasteiger charge is 2.17. The average Bonchev–Trinajstić information content (AvgIpc) is 2.54. The van der Waals surface area contributed by atoms with E-state index in [4.69, 9.17) is 0 Å². The first kappa shape index (κ1) is 17.5. The number of unbranched alkanes of at least 4 members (excludes halogenated alkanes) is 3. The normalized spacial score (nSPS) is 11.4. The molecule has 0 atom stereocenters. The summed E-state index contributed by atoms with van der Waals surface area (Å²) in [6, 6.07) is 14.6. The van der Waals surface area contributed by atoms with Crippen molar-refractivity contribution in [1.82, 2.24) is 0 Å². The molecule has 0 aliphatic heterocycles. The number of hydrogen-bond acceptors (Lipinski definition) is 2. The number of aryl methyl sites for hydroxylation is 2. The van der Waals surface area contributed by atoms with Crippen LogP contribution in [0.15, 0.2) is 53.4 Å². The van der Waals surface area contributed by atoms with E-state index in [9.17, 15) is 8.42 Å². The van der Waals surface area contributed by atoms with Crippen LogP contribution in [0.3, 0.4) is 0 Å². The molecule has 0 saturated heterocycles. The number of hydrogen-bond donors (Lipinski definition) is 1. The second-order valence-electron chi connectivity index (χ2n) is 5.89. The lowest BCUT2D eigenvalue weighted by Crippen LogP contribution is -2.15. The quantitative estimate of drug-likeness (QED) is 0.698. The molecule has 0 saturated carbocycles. The third-order valence-electron chi connectivity index (χ3n) is 3.87. The number of sulfonamides is 1. The number of benzene rings is 2. The molecule has 3 nitrogen and oxygen atoms in total. The van der Waals surface area contributed by atoms with E-state index < -0.39 is 10.0 Å². The van der Waals surface area contributed by atoms with Crippen LogP contribution >= 0.6 is 0 Å². The zero-order valence-corrected chi connectivity index (χ0v) is 14.7. The fraction of sp³-hybridized carbons (Fsp3) is 0.368. The summed E-state index contributed by atoms with van der Waals surface area (Å²) in [6.07, 6.45) is 5.32. The van der Waals surface area contributed by atoms with E-state index in [1.54, 1.807) is 24.3 Å². The summed E-state index contributed by atoms with van der Waals surface area (Å²) < 4.78 is 28.0. The van der Waals surface area contributed by atoms with E-state index in [1.807, 2.05) is 31.2 Å². The van der Waals surface area contributed by atoms with Crippen molar-refractivity contribution >= 4 is 15.7 Å². The Morgan fingerprint density at radius 1 is 0.913 bits per heavy atom. The minimum Gasteiger partial charge on any atom is -0.280 e. The molecule has 0 radical (unpaired) electrons. The van der Waals surface area contributed by atoms with Crippen LogP contribution in [0.2, 0.25) is 0 Å². The predicted octanol–water partition coefficient (Wildman–Crippen LogP) is 4.92. The SMILES string of the molecule is CCCCCCc1ccccc1S(=O)(=O)Nc1ccc(C)cc1. The van der Waals surface area contributed by atoms with Crippen LogP contribution in [0, 0.1) is 6.92 Å². The maximum atomic E-state index is 12.7. The van der Waals surface area contributed by atoms with Crippen molar-refractivity contribution in [3.05, 3.63) is 59.7 Å². The van der Waals surface area contributed by atoms with Crippen molar-refractivity contribution < 1.29 is 8.42 Å². The predicted molar refractivity (Wildman–Crippen MR) is 96.3 cm³/mol. The minimum atomic E-state index is -3.55. The van der Waals surface area contributed by atoms with Gasteiger partial charge in [-0.1, -0.05) is 62.1 Å². The van der Waals surface area contributed by atoms with Crippen molar-refractivity contribution in [2.45, 2.75) is 50.8 Å². The molecule has 23 heavy (non-hydrogen) atoms. The Balaban J connectivity index is 2.17. The van der Waals surface area contributed by atoms with Crippen LogP contribution in [0.25, 0.3) is 0 Å². The van der Waals surface area contributed by atoms with Gasteiger partial charge in [-0.2, -0.15) is 0 Å². The third-order valence-corrected chi connectivity index (χ3v) is 5.35. The summed E-state index contributed by atoms with van der Waals surface area (Å²) in [6.45, 7) is 4.15. The molecule has 1 N–H and O–H groups in total. The largest absolute Gasteiger partial charge is 0.280 e. The molecule has 0 aromatic heterocycles. The molecule has 0 bridgehead atoms. The summed E-state index contributed by atoms with van der Waals surface area (Å²) in [5.74, 6) is 0. The van der Waals surface area contributed by atoms with Crippen LogP contribution in [0.5, 0.6) is 0 Å². The van der Waals surface area contributed by atoms with Crippen LogP contribution in [0.4, 0.5) is 5.69 Å². The highest BCUT2D eigenvalue weighted by Crippen LogP contribution is 2.21. The lowest BCUT2D eigenvalue weighted by Gasteiger charge is -2.12. The minimum absolute atomic E-state index is 0.386. The summed E-state index contributed by atoms with van der Waals surface area (Å²) in [4.78, 5) is 0.386. The van der Waals surface area contributed by atoms with Gasteiger partial charge in [0.25, 0.3) is 10.0 Å². The van der Waals surface area contributed by atoms with Crippen LogP contribution in [-0.2, 0) is 16.4 Å². The molecular weight excluding hydrogens is 306 g/mol. The van der Waals surface area contributed by atoms with Crippen LogP contribution < -0.4 is 4.72 Å². The Morgan fingerprint density at radius 3 is 2.30 bits per heavy atom. The van der Waals surface area contributed by atoms with E-state index >= 15 is 0 Å². The van der Waals surface area contributed by atoms with Crippen molar-refractivity contribution in [2.75, 3.05) is 4.72 Å². The molecule has 0 heterocycles. The van der Waals surface area contributed by atoms with E-state index in [-0.39, 0.29) is 0 Å². The first-order valence-corrected chi connectivity index (χ1v) is 9.68. The molecule has 0 aliphatic carbocycles. The van der Waals surface area contributed by atoms with Gasteiger partial charge in [0.05, 0.1) is 4.90 Å². The van der Waals surface area contributed by atoms with Crippen molar-refractivity contribution in [3.63, 3.8) is 0 Å². The zero-order valence-electron chi connectivity index (χ0n) is 13.9. The molecule has 2 rings (SSSR count). The smallest absolute Gasteiger partial charge is 0.262 e. The standard InChI is InChI=1S/C19H25NO2S/c1-3-4-5-6-9-17-10-7-8-11-19(17)23(21,22)20-18-14-12-16(2)13-15-18/h7-8,10-15,20H,3-6,9H2,1-2H3. The van der Waals surface area contributed by atoms with Gasteiger partial charge in [-0.15, -0.1) is 0 Å². The maximum absolute atomic E-state index is 12.7. The lowest BCUT2D eigenvalue weighted by atomic mass is 10.1. The van der Waals surface area contributed by atoms with Gasteiger partial charge in [0.1, 0.15) is 0 Å². The second-order valence-corrected chi connectivity index (χ2v) is 7.54. The van der Waals surface area contributed by atoms with Gasteiger partial charge >= 0.3 is 0 Å². The Hall–Kier alpha value is -1.81. The first-order valence-electron chi connectivity index (χ1n) is 8.20. The van der Waals surface area contributed by atoms with Gasteiger partial charge in [0, 0.05) is 5.69 Å². The number of nitrogens with one attached hydrogen (secondary N) is 1. The van der Waals surface area contributed by atoms with Crippen molar-refractivity contribution in [1.29, 1.82) is 0 Å². The van der Waals surface area contributed by atoms with E-state index in [1.165, 1.54) is 12.8 Å². The van der Waals surface area contributed by atoms with Crippen LogP contribution in [0.1, 0.15) is 43.7 Å². The highest BCUT2D eigenvalue weighted by atomic mass is 32.2. The molecule has 2 aromatic carbocycles. The van der Waals surface area contributed by atoms with Crippen LogP contribution in [-0.4, -0.2) is 8.42 Å². The summed E-state index contributed by atoms with van der Waals surface area (Å²) in [7, 11) is -3.55. The molecule has 2 aromatic rings. The summed E-state index contributed by atoms with van der Waals surface area (Å²) in [5, 5.41) is 0. The fourth-order valence-corrected chi connectivity index (χ4v) is 3.88. The molecule has 124 valence electrons. The van der Waals surface area contributed by atoms with E-state index in [0.717, 1.165) is 30.4 Å². The molecular formula is C19H25NO2S. The molecule has 0 unspecified atom stereocenters. The van der Waals surface area contributed by atoms with Gasteiger partial charge < -0.3 is 0 Å². The molecule has 0 spiro atoms. The van der Waals surface area contributed by atoms with Gasteiger partial charge in [-0.05, 0) is 43.5 Å². The molecule has 0 aliphatic rings. The van der Waals surface area contributed by atoms with Gasteiger partial charge in [-0.3, -0.25) is 4.72 Å². The first-order chi connectivity index (χ1) is 11.0. The maximum Gasteiger partial charge on any atom is 0.262 e.